The highest BCUT2D eigenvalue weighted by Gasteiger charge is 2.23. The molecule has 9 heteroatoms. The Kier molecular flexibility index (Phi) is 7.12. The van der Waals surface area contributed by atoms with Crippen molar-refractivity contribution in [2.75, 3.05) is 56.7 Å². The summed E-state index contributed by atoms with van der Waals surface area (Å²) in [5, 5.41) is 3.50. The Bertz CT molecular complexity index is 1200. The van der Waals surface area contributed by atoms with Gasteiger partial charge in [-0.05, 0) is 39.1 Å². The summed E-state index contributed by atoms with van der Waals surface area (Å²) >= 11 is 0. The van der Waals surface area contributed by atoms with Crippen LogP contribution in [-0.4, -0.2) is 62.3 Å². The average molecular weight is 471 g/mol. The summed E-state index contributed by atoms with van der Waals surface area (Å²) in [4.78, 5) is 21.6. The maximum absolute atomic E-state index is 14.5. The van der Waals surface area contributed by atoms with E-state index in [4.69, 9.17) is 9.47 Å². The van der Waals surface area contributed by atoms with E-state index >= 15 is 0 Å². The van der Waals surface area contributed by atoms with Gasteiger partial charge in [0.05, 0.1) is 35.8 Å². The molecule has 0 saturated carbocycles. The Morgan fingerprint density at radius 1 is 1.12 bits per heavy atom. The number of fused-ring (bicyclic) bond motifs is 1. The molecule has 1 aliphatic rings. The molecule has 3 aromatic rings. The zero-order chi connectivity index (χ0) is 24.2. The SMILES string of the molecule is CCOC(=O)c1cnc2cc(OCC)c(N3CCN(C)CC3)cc2c1Nc1cccc(F)c1F. The van der Waals surface area contributed by atoms with Crippen molar-refractivity contribution in [2.24, 2.45) is 0 Å². The first-order chi connectivity index (χ1) is 16.4. The predicted octanol–water partition coefficient (Wildman–Crippen LogP) is 4.58. The van der Waals surface area contributed by atoms with E-state index in [1.165, 1.54) is 18.3 Å². The number of anilines is 3. The van der Waals surface area contributed by atoms with Gasteiger partial charge in [-0.25, -0.2) is 13.6 Å². The third kappa shape index (κ3) is 4.75. The summed E-state index contributed by atoms with van der Waals surface area (Å²) in [5.41, 5.74) is 1.74. The molecule has 0 atom stereocenters. The molecule has 1 saturated heterocycles. The molecule has 34 heavy (non-hydrogen) atoms. The van der Waals surface area contributed by atoms with Crippen molar-refractivity contribution >= 4 is 33.9 Å². The molecule has 1 aliphatic heterocycles. The van der Waals surface area contributed by atoms with Crippen LogP contribution in [0.15, 0.2) is 36.5 Å². The molecular weight excluding hydrogens is 442 g/mol. The number of rotatable bonds is 7. The van der Waals surface area contributed by atoms with Crippen LogP contribution < -0.4 is 15.0 Å². The number of piperazine rings is 1. The Labute approximate surface area is 197 Å². The number of aromatic nitrogens is 1. The number of likely N-dealkylation sites (N-methyl/N-ethyl adjacent to an activating group) is 1. The number of ether oxygens (including phenoxy) is 2. The number of halogens is 2. The number of benzene rings is 2. The smallest absolute Gasteiger partial charge is 0.341 e. The van der Waals surface area contributed by atoms with Crippen molar-refractivity contribution in [3.8, 4) is 5.75 Å². The molecule has 1 fully saturated rings. The van der Waals surface area contributed by atoms with Crippen LogP contribution in [0.1, 0.15) is 24.2 Å². The molecular formula is C25H28F2N4O3. The molecule has 0 radical (unpaired) electrons. The second-order valence-corrected chi connectivity index (χ2v) is 8.05. The van der Waals surface area contributed by atoms with Gasteiger partial charge in [0.1, 0.15) is 11.3 Å². The summed E-state index contributed by atoms with van der Waals surface area (Å²) in [6, 6.07) is 7.55. The van der Waals surface area contributed by atoms with Gasteiger partial charge in [0.25, 0.3) is 0 Å². The normalized spacial score (nSPS) is 14.3. The highest BCUT2D eigenvalue weighted by Crippen LogP contribution is 2.39. The summed E-state index contributed by atoms with van der Waals surface area (Å²) in [6.45, 7) is 7.64. The minimum Gasteiger partial charge on any atom is -0.492 e. The Hall–Kier alpha value is -3.46. The largest absolute Gasteiger partial charge is 0.492 e. The molecule has 0 unspecified atom stereocenters. The maximum atomic E-state index is 14.5. The Balaban J connectivity index is 1.90. The number of carbonyl (C=O) groups is 1. The lowest BCUT2D eigenvalue weighted by molar-refractivity contribution is 0.0527. The zero-order valence-corrected chi connectivity index (χ0v) is 19.5. The van der Waals surface area contributed by atoms with Crippen LogP contribution in [-0.2, 0) is 4.74 Å². The highest BCUT2D eigenvalue weighted by molar-refractivity contribution is 6.07. The van der Waals surface area contributed by atoms with Crippen molar-refractivity contribution in [1.82, 2.24) is 9.88 Å². The fourth-order valence-electron chi connectivity index (χ4n) is 4.01. The van der Waals surface area contributed by atoms with Crippen molar-refractivity contribution in [2.45, 2.75) is 13.8 Å². The molecule has 180 valence electrons. The second-order valence-electron chi connectivity index (χ2n) is 8.05. The molecule has 0 amide bonds. The van der Waals surface area contributed by atoms with E-state index in [9.17, 15) is 13.6 Å². The molecule has 7 nitrogen and oxygen atoms in total. The number of pyridine rings is 1. The van der Waals surface area contributed by atoms with E-state index in [0.29, 0.717) is 28.9 Å². The number of carbonyl (C=O) groups excluding carboxylic acids is 1. The van der Waals surface area contributed by atoms with Crippen LogP contribution in [0.5, 0.6) is 5.75 Å². The molecule has 1 N–H and O–H groups in total. The van der Waals surface area contributed by atoms with Crippen molar-refractivity contribution in [3.63, 3.8) is 0 Å². The minimum absolute atomic E-state index is 0.0897. The number of nitrogens with zero attached hydrogens (tertiary/aromatic N) is 3. The number of esters is 1. The summed E-state index contributed by atoms with van der Waals surface area (Å²) < 4.78 is 39.6. The Morgan fingerprint density at radius 3 is 2.59 bits per heavy atom. The summed E-state index contributed by atoms with van der Waals surface area (Å²) in [6.07, 6.45) is 1.38. The van der Waals surface area contributed by atoms with E-state index in [2.05, 4.69) is 27.1 Å². The Morgan fingerprint density at radius 2 is 1.88 bits per heavy atom. The lowest BCUT2D eigenvalue weighted by atomic mass is 10.1. The van der Waals surface area contributed by atoms with E-state index in [-0.39, 0.29) is 17.9 Å². The topological polar surface area (TPSA) is 66.9 Å². The first kappa shape index (κ1) is 23.7. The standard InChI is InChI=1S/C25H28F2N4O3/c1-4-33-22-14-20-16(13-21(22)31-11-9-30(3)10-12-31)24(17(15-28-20)25(32)34-5-2)29-19-8-6-7-18(26)23(19)27/h6-8,13-15H,4-5,9-12H2,1-3H3,(H,28,29). The fraction of sp³-hybridized carbons (Fsp3) is 0.360. The zero-order valence-electron chi connectivity index (χ0n) is 19.5. The van der Waals surface area contributed by atoms with Crippen LogP contribution in [0.3, 0.4) is 0 Å². The first-order valence-corrected chi connectivity index (χ1v) is 11.3. The van der Waals surface area contributed by atoms with E-state index in [1.54, 1.807) is 6.92 Å². The monoisotopic (exact) mass is 470 g/mol. The van der Waals surface area contributed by atoms with Crippen molar-refractivity contribution in [3.05, 3.63) is 53.7 Å². The van der Waals surface area contributed by atoms with E-state index < -0.39 is 17.6 Å². The number of hydrogen-bond acceptors (Lipinski definition) is 7. The molecule has 2 heterocycles. The molecule has 0 bridgehead atoms. The van der Waals surface area contributed by atoms with Crippen molar-refractivity contribution < 1.29 is 23.0 Å². The van der Waals surface area contributed by atoms with Crippen LogP contribution >= 0.6 is 0 Å². The minimum atomic E-state index is -1.03. The van der Waals surface area contributed by atoms with Gasteiger partial charge in [0, 0.05) is 43.8 Å². The van der Waals surface area contributed by atoms with Crippen LogP contribution in [0, 0.1) is 11.6 Å². The van der Waals surface area contributed by atoms with Gasteiger partial charge in [0.15, 0.2) is 11.6 Å². The summed E-state index contributed by atoms with van der Waals surface area (Å²) in [5.74, 6) is -1.95. The summed E-state index contributed by atoms with van der Waals surface area (Å²) in [7, 11) is 2.08. The third-order valence-corrected chi connectivity index (χ3v) is 5.80. The lowest BCUT2D eigenvalue weighted by Crippen LogP contribution is -2.44. The van der Waals surface area contributed by atoms with Crippen LogP contribution in [0.4, 0.5) is 25.8 Å². The van der Waals surface area contributed by atoms with Gasteiger partial charge in [-0.1, -0.05) is 6.07 Å². The van der Waals surface area contributed by atoms with Crippen LogP contribution in [0.25, 0.3) is 10.9 Å². The first-order valence-electron chi connectivity index (χ1n) is 11.3. The van der Waals surface area contributed by atoms with Gasteiger partial charge < -0.3 is 24.6 Å². The lowest BCUT2D eigenvalue weighted by Gasteiger charge is -2.35. The molecule has 0 aliphatic carbocycles. The second kappa shape index (κ2) is 10.2. The highest BCUT2D eigenvalue weighted by atomic mass is 19.2. The van der Waals surface area contributed by atoms with Gasteiger partial charge >= 0.3 is 5.97 Å². The van der Waals surface area contributed by atoms with Gasteiger partial charge in [-0.3, -0.25) is 4.98 Å². The van der Waals surface area contributed by atoms with Crippen LogP contribution in [0.2, 0.25) is 0 Å². The van der Waals surface area contributed by atoms with Gasteiger partial charge in [0.2, 0.25) is 0 Å². The number of nitrogens with one attached hydrogen (secondary N) is 1. The fourth-order valence-corrected chi connectivity index (χ4v) is 4.01. The maximum Gasteiger partial charge on any atom is 0.341 e. The quantitative estimate of drug-likeness (QED) is 0.507. The predicted molar refractivity (Wildman–Crippen MR) is 128 cm³/mol. The van der Waals surface area contributed by atoms with E-state index in [0.717, 1.165) is 37.9 Å². The average Bonchev–Trinajstić information content (AvgIpc) is 2.82. The molecule has 1 aromatic heterocycles. The van der Waals surface area contributed by atoms with Gasteiger partial charge in [-0.15, -0.1) is 0 Å². The molecule has 0 spiro atoms. The van der Waals surface area contributed by atoms with Crippen molar-refractivity contribution in [1.29, 1.82) is 0 Å². The van der Waals surface area contributed by atoms with Gasteiger partial charge in [-0.2, -0.15) is 0 Å². The number of hydrogen-bond donors (Lipinski definition) is 1. The molecule has 4 rings (SSSR count). The third-order valence-electron chi connectivity index (χ3n) is 5.80. The van der Waals surface area contributed by atoms with E-state index in [1.807, 2.05) is 19.1 Å². The molecule has 2 aromatic carbocycles.